The molecule has 1 saturated heterocycles. The molecule has 2 heteroatoms. The van der Waals surface area contributed by atoms with Crippen molar-refractivity contribution >= 4 is 0 Å². The molecule has 0 aromatic heterocycles. The quantitative estimate of drug-likeness (QED) is 0.717. The minimum atomic E-state index is 0.633. The molecule has 0 aromatic rings. The van der Waals surface area contributed by atoms with E-state index in [0.29, 0.717) is 11.5 Å². The average molecular weight is 183 g/mol. The minimum Gasteiger partial charge on any atom is -0.381 e. The smallest absolute Gasteiger partial charge is 0.0509 e. The van der Waals surface area contributed by atoms with Crippen molar-refractivity contribution in [2.24, 2.45) is 11.3 Å². The molecule has 2 fully saturated rings. The summed E-state index contributed by atoms with van der Waals surface area (Å²) < 4.78 is 5.39. The molecular formula is C11H21NO. The van der Waals surface area contributed by atoms with Crippen LogP contribution in [0.3, 0.4) is 0 Å². The van der Waals surface area contributed by atoms with Gasteiger partial charge in [-0.1, -0.05) is 6.92 Å². The van der Waals surface area contributed by atoms with Crippen LogP contribution in [-0.4, -0.2) is 25.8 Å². The lowest BCUT2D eigenvalue weighted by Crippen LogP contribution is -2.37. The van der Waals surface area contributed by atoms with E-state index in [2.05, 4.69) is 19.2 Å². The van der Waals surface area contributed by atoms with Crippen molar-refractivity contribution in [1.82, 2.24) is 5.32 Å². The highest BCUT2D eigenvalue weighted by Crippen LogP contribution is 2.44. The number of hydrogen-bond donors (Lipinski definition) is 1. The lowest BCUT2D eigenvalue weighted by atomic mass is 10.00. The fraction of sp³-hybridized carbons (Fsp3) is 1.00. The van der Waals surface area contributed by atoms with Gasteiger partial charge in [-0.05, 0) is 37.5 Å². The molecule has 1 N–H and O–H groups in total. The SMILES string of the molecule is CC(NCC1(C)CC1)C1CCOC1. The summed E-state index contributed by atoms with van der Waals surface area (Å²) in [4.78, 5) is 0. The van der Waals surface area contributed by atoms with Gasteiger partial charge in [0, 0.05) is 19.2 Å². The van der Waals surface area contributed by atoms with Crippen LogP contribution in [0.15, 0.2) is 0 Å². The fourth-order valence-corrected chi connectivity index (χ4v) is 1.91. The first-order valence-corrected chi connectivity index (χ1v) is 5.51. The van der Waals surface area contributed by atoms with E-state index < -0.39 is 0 Å². The third-order valence-electron chi connectivity index (χ3n) is 3.63. The molecule has 0 radical (unpaired) electrons. The predicted molar refractivity (Wildman–Crippen MR) is 53.7 cm³/mol. The van der Waals surface area contributed by atoms with E-state index in [1.54, 1.807) is 0 Å². The molecule has 2 atom stereocenters. The maximum absolute atomic E-state index is 5.39. The number of nitrogens with one attached hydrogen (secondary N) is 1. The van der Waals surface area contributed by atoms with Gasteiger partial charge in [-0.2, -0.15) is 0 Å². The normalized spacial score (nSPS) is 33.2. The Morgan fingerprint density at radius 3 is 2.85 bits per heavy atom. The van der Waals surface area contributed by atoms with Gasteiger partial charge in [0.2, 0.25) is 0 Å². The Morgan fingerprint density at radius 1 is 1.54 bits per heavy atom. The molecule has 1 aliphatic heterocycles. The number of hydrogen-bond acceptors (Lipinski definition) is 2. The molecule has 1 aliphatic carbocycles. The van der Waals surface area contributed by atoms with Crippen molar-refractivity contribution in [2.75, 3.05) is 19.8 Å². The molecule has 2 aliphatic rings. The second kappa shape index (κ2) is 3.58. The Bertz CT molecular complexity index is 171. The molecule has 13 heavy (non-hydrogen) atoms. The zero-order valence-electron chi connectivity index (χ0n) is 8.81. The lowest BCUT2D eigenvalue weighted by Gasteiger charge is -2.21. The van der Waals surface area contributed by atoms with Gasteiger partial charge in [0.25, 0.3) is 0 Å². The summed E-state index contributed by atoms with van der Waals surface area (Å²) in [6.07, 6.45) is 4.06. The van der Waals surface area contributed by atoms with Gasteiger partial charge < -0.3 is 10.1 Å². The Hall–Kier alpha value is -0.0800. The Labute approximate surface area is 81.0 Å². The van der Waals surface area contributed by atoms with Gasteiger partial charge in [-0.3, -0.25) is 0 Å². The molecule has 0 amide bonds. The predicted octanol–water partition coefficient (Wildman–Crippen LogP) is 1.80. The van der Waals surface area contributed by atoms with Crippen molar-refractivity contribution in [3.63, 3.8) is 0 Å². The maximum atomic E-state index is 5.39. The van der Waals surface area contributed by atoms with Crippen LogP contribution in [0.25, 0.3) is 0 Å². The van der Waals surface area contributed by atoms with Crippen LogP contribution in [0, 0.1) is 11.3 Å². The van der Waals surface area contributed by atoms with E-state index >= 15 is 0 Å². The van der Waals surface area contributed by atoms with Crippen molar-refractivity contribution < 1.29 is 4.74 Å². The van der Waals surface area contributed by atoms with Crippen LogP contribution in [0.5, 0.6) is 0 Å². The Kier molecular flexibility index (Phi) is 2.61. The summed E-state index contributed by atoms with van der Waals surface area (Å²) in [5.74, 6) is 0.752. The highest BCUT2D eigenvalue weighted by molar-refractivity contribution is 4.91. The molecule has 1 saturated carbocycles. The number of rotatable bonds is 4. The third-order valence-corrected chi connectivity index (χ3v) is 3.63. The third kappa shape index (κ3) is 2.44. The monoisotopic (exact) mass is 183 g/mol. The largest absolute Gasteiger partial charge is 0.381 e. The number of ether oxygens (including phenoxy) is 1. The van der Waals surface area contributed by atoms with Crippen LogP contribution >= 0.6 is 0 Å². The van der Waals surface area contributed by atoms with E-state index in [9.17, 15) is 0 Å². The van der Waals surface area contributed by atoms with Gasteiger partial charge in [0.05, 0.1) is 6.61 Å². The molecule has 2 unspecified atom stereocenters. The lowest BCUT2D eigenvalue weighted by molar-refractivity contribution is 0.177. The summed E-state index contributed by atoms with van der Waals surface area (Å²) in [7, 11) is 0. The topological polar surface area (TPSA) is 21.3 Å². The van der Waals surface area contributed by atoms with E-state index in [1.165, 1.54) is 25.8 Å². The summed E-state index contributed by atoms with van der Waals surface area (Å²) in [6, 6.07) is 0.639. The van der Waals surface area contributed by atoms with Gasteiger partial charge in [0.15, 0.2) is 0 Å². The molecule has 2 rings (SSSR count). The molecular weight excluding hydrogens is 162 g/mol. The van der Waals surface area contributed by atoms with Crippen LogP contribution in [0.1, 0.15) is 33.1 Å². The Morgan fingerprint density at radius 2 is 2.31 bits per heavy atom. The van der Waals surface area contributed by atoms with Crippen molar-refractivity contribution in [3.8, 4) is 0 Å². The summed E-state index contributed by atoms with van der Waals surface area (Å²) in [5.41, 5.74) is 0.633. The molecule has 0 spiro atoms. The maximum Gasteiger partial charge on any atom is 0.0509 e. The Balaban J connectivity index is 1.68. The summed E-state index contributed by atoms with van der Waals surface area (Å²) in [5, 5.41) is 3.65. The van der Waals surface area contributed by atoms with E-state index in [-0.39, 0.29) is 0 Å². The van der Waals surface area contributed by atoms with Crippen molar-refractivity contribution in [2.45, 2.75) is 39.2 Å². The van der Waals surface area contributed by atoms with Crippen molar-refractivity contribution in [1.29, 1.82) is 0 Å². The molecule has 1 heterocycles. The highest BCUT2D eigenvalue weighted by atomic mass is 16.5. The zero-order valence-corrected chi connectivity index (χ0v) is 8.81. The molecule has 0 bridgehead atoms. The van der Waals surface area contributed by atoms with Gasteiger partial charge in [-0.15, -0.1) is 0 Å². The standard InChI is InChI=1S/C11H21NO/c1-9(10-3-6-13-7-10)12-8-11(2)4-5-11/h9-10,12H,3-8H2,1-2H3. The van der Waals surface area contributed by atoms with Crippen LogP contribution in [0.4, 0.5) is 0 Å². The van der Waals surface area contributed by atoms with Crippen molar-refractivity contribution in [3.05, 3.63) is 0 Å². The van der Waals surface area contributed by atoms with E-state index in [4.69, 9.17) is 4.74 Å². The van der Waals surface area contributed by atoms with Crippen LogP contribution in [-0.2, 0) is 4.74 Å². The zero-order chi connectivity index (χ0) is 9.31. The average Bonchev–Trinajstić information content (AvgIpc) is 2.69. The highest BCUT2D eigenvalue weighted by Gasteiger charge is 2.37. The second-order valence-corrected chi connectivity index (χ2v) is 5.10. The van der Waals surface area contributed by atoms with Crippen LogP contribution < -0.4 is 5.32 Å². The minimum absolute atomic E-state index is 0.633. The molecule has 0 aromatic carbocycles. The summed E-state index contributed by atoms with van der Waals surface area (Å²) >= 11 is 0. The first-order chi connectivity index (χ1) is 6.20. The van der Waals surface area contributed by atoms with Gasteiger partial charge >= 0.3 is 0 Å². The fourth-order valence-electron chi connectivity index (χ4n) is 1.91. The first kappa shape index (κ1) is 9.47. The van der Waals surface area contributed by atoms with Gasteiger partial charge in [-0.25, -0.2) is 0 Å². The molecule has 76 valence electrons. The second-order valence-electron chi connectivity index (χ2n) is 5.10. The van der Waals surface area contributed by atoms with Crippen LogP contribution in [0.2, 0.25) is 0 Å². The molecule has 2 nitrogen and oxygen atoms in total. The first-order valence-electron chi connectivity index (χ1n) is 5.51. The van der Waals surface area contributed by atoms with E-state index in [0.717, 1.165) is 19.1 Å². The van der Waals surface area contributed by atoms with E-state index in [1.807, 2.05) is 0 Å². The summed E-state index contributed by atoms with van der Waals surface area (Å²) in [6.45, 7) is 7.80. The van der Waals surface area contributed by atoms with Gasteiger partial charge in [0.1, 0.15) is 0 Å².